The predicted molar refractivity (Wildman–Crippen MR) is 106 cm³/mol. The number of nitrogens with zero attached hydrogens (tertiary/aromatic N) is 2. The first-order valence-electron chi connectivity index (χ1n) is 9.80. The van der Waals surface area contributed by atoms with Crippen molar-refractivity contribution in [2.75, 3.05) is 32.7 Å². The Kier molecular flexibility index (Phi) is 6.30. The first-order valence-corrected chi connectivity index (χ1v) is 9.80. The van der Waals surface area contributed by atoms with Gasteiger partial charge in [-0.15, -0.1) is 6.58 Å². The lowest BCUT2D eigenvalue weighted by Gasteiger charge is -2.32. The van der Waals surface area contributed by atoms with Gasteiger partial charge in [-0.2, -0.15) is 0 Å². The molecular weight excluding hydrogens is 327 g/mol. The van der Waals surface area contributed by atoms with Crippen molar-refractivity contribution in [1.82, 2.24) is 15.5 Å². The highest BCUT2D eigenvalue weighted by molar-refractivity contribution is 5.80. The molecule has 0 atom stereocenters. The summed E-state index contributed by atoms with van der Waals surface area (Å²) in [5.41, 5.74) is 0.707. The molecule has 2 aliphatic rings. The van der Waals surface area contributed by atoms with E-state index < -0.39 is 0 Å². The highest BCUT2D eigenvalue weighted by Crippen LogP contribution is 2.49. The Morgan fingerprint density at radius 1 is 1.35 bits per heavy atom. The summed E-state index contributed by atoms with van der Waals surface area (Å²) in [7, 11) is 0. The zero-order valence-corrected chi connectivity index (χ0v) is 15.8. The van der Waals surface area contributed by atoms with Crippen molar-refractivity contribution >= 4 is 5.96 Å². The second-order valence-electron chi connectivity index (χ2n) is 7.46. The second-order valence-corrected chi connectivity index (χ2v) is 7.46. The summed E-state index contributed by atoms with van der Waals surface area (Å²) in [6.07, 6.45) is 6.21. The number of piperidine rings is 1. The maximum absolute atomic E-state index is 14.2. The van der Waals surface area contributed by atoms with Crippen LogP contribution in [0.5, 0.6) is 0 Å². The molecule has 1 aliphatic carbocycles. The van der Waals surface area contributed by atoms with Gasteiger partial charge in [0, 0.05) is 37.6 Å². The van der Waals surface area contributed by atoms with Gasteiger partial charge in [-0.1, -0.05) is 24.3 Å². The smallest absolute Gasteiger partial charge is 0.191 e. The lowest BCUT2D eigenvalue weighted by atomic mass is 9.95. The first-order chi connectivity index (χ1) is 12.7. The molecule has 0 bridgehead atoms. The Morgan fingerprint density at radius 3 is 2.69 bits per heavy atom. The fourth-order valence-electron chi connectivity index (χ4n) is 3.74. The normalized spacial score (nSPS) is 20.6. The summed E-state index contributed by atoms with van der Waals surface area (Å²) < 4.78 is 14.2. The Morgan fingerprint density at radius 2 is 2.08 bits per heavy atom. The SMILES string of the molecule is C=CCN1CCC(NC(=NCC2(c3ccccc3F)CC2)NCC)CC1. The van der Waals surface area contributed by atoms with Gasteiger partial charge in [0.25, 0.3) is 0 Å². The van der Waals surface area contributed by atoms with E-state index in [1.54, 1.807) is 12.1 Å². The van der Waals surface area contributed by atoms with Crippen molar-refractivity contribution in [3.8, 4) is 0 Å². The minimum atomic E-state index is -0.110. The summed E-state index contributed by atoms with van der Waals surface area (Å²) in [5, 5.41) is 6.93. The Bertz CT molecular complexity index is 631. The molecule has 2 fully saturated rings. The van der Waals surface area contributed by atoms with Crippen molar-refractivity contribution in [3.05, 3.63) is 48.3 Å². The number of nitrogens with one attached hydrogen (secondary N) is 2. The molecule has 1 aromatic carbocycles. The number of benzene rings is 1. The maximum Gasteiger partial charge on any atom is 0.191 e. The molecule has 5 heteroatoms. The summed E-state index contributed by atoms with van der Waals surface area (Å²) in [4.78, 5) is 7.24. The van der Waals surface area contributed by atoms with Crippen LogP contribution in [0.1, 0.15) is 38.2 Å². The molecule has 0 aromatic heterocycles. The van der Waals surface area contributed by atoms with Gasteiger partial charge < -0.3 is 10.6 Å². The molecule has 3 rings (SSSR count). The first kappa shape index (κ1) is 18.9. The monoisotopic (exact) mass is 358 g/mol. The molecule has 1 aromatic rings. The van der Waals surface area contributed by atoms with Crippen LogP contribution in [0.4, 0.5) is 4.39 Å². The van der Waals surface area contributed by atoms with Crippen LogP contribution in [-0.4, -0.2) is 49.6 Å². The van der Waals surface area contributed by atoms with Gasteiger partial charge in [-0.25, -0.2) is 4.39 Å². The number of guanidine groups is 1. The number of aliphatic imine (C=N–C) groups is 1. The third-order valence-electron chi connectivity index (χ3n) is 5.50. The highest BCUT2D eigenvalue weighted by atomic mass is 19.1. The molecule has 0 radical (unpaired) electrons. The summed E-state index contributed by atoms with van der Waals surface area (Å²) in [6.45, 7) is 10.5. The third kappa shape index (κ3) is 4.64. The van der Waals surface area contributed by atoms with Crippen LogP contribution < -0.4 is 10.6 Å². The van der Waals surface area contributed by atoms with Crippen LogP contribution in [-0.2, 0) is 5.41 Å². The molecule has 142 valence electrons. The van der Waals surface area contributed by atoms with Gasteiger partial charge in [0.1, 0.15) is 5.82 Å². The molecule has 0 spiro atoms. The molecule has 1 heterocycles. The fraction of sp³-hybridized carbons (Fsp3) is 0.571. The van der Waals surface area contributed by atoms with Crippen LogP contribution in [0.25, 0.3) is 0 Å². The van der Waals surface area contributed by atoms with E-state index in [1.807, 2.05) is 18.2 Å². The minimum Gasteiger partial charge on any atom is -0.357 e. The van der Waals surface area contributed by atoms with E-state index in [9.17, 15) is 4.39 Å². The van der Waals surface area contributed by atoms with Gasteiger partial charge in [-0.05, 0) is 44.2 Å². The van der Waals surface area contributed by atoms with Crippen LogP contribution in [0, 0.1) is 5.82 Å². The van der Waals surface area contributed by atoms with E-state index in [4.69, 9.17) is 4.99 Å². The van der Waals surface area contributed by atoms with Gasteiger partial charge in [0.05, 0.1) is 6.54 Å². The number of likely N-dealkylation sites (tertiary alicyclic amines) is 1. The molecule has 4 nitrogen and oxygen atoms in total. The Balaban J connectivity index is 1.60. The van der Waals surface area contributed by atoms with E-state index >= 15 is 0 Å². The predicted octanol–water partition coefficient (Wildman–Crippen LogP) is 3.06. The van der Waals surface area contributed by atoms with Crippen LogP contribution in [0.3, 0.4) is 0 Å². The standard InChI is InChI=1S/C21H31FN4/c1-3-13-26-14-9-17(10-15-26)25-20(23-4-2)24-16-21(11-12-21)18-7-5-6-8-19(18)22/h3,5-8,17H,1,4,9-16H2,2H3,(H2,23,24,25). The van der Waals surface area contributed by atoms with E-state index in [-0.39, 0.29) is 11.2 Å². The molecule has 0 amide bonds. The second kappa shape index (κ2) is 8.67. The van der Waals surface area contributed by atoms with Gasteiger partial charge in [0.2, 0.25) is 0 Å². The number of halogens is 1. The highest BCUT2D eigenvalue weighted by Gasteiger charge is 2.45. The molecule has 1 aliphatic heterocycles. The maximum atomic E-state index is 14.2. The van der Waals surface area contributed by atoms with Crippen molar-refractivity contribution in [2.24, 2.45) is 4.99 Å². The quantitative estimate of drug-likeness (QED) is 0.447. The third-order valence-corrected chi connectivity index (χ3v) is 5.50. The average Bonchev–Trinajstić information content (AvgIpc) is 3.43. The molecule has 0 unspecified atom stereocenters. The molecule has 1 saturated carbocycles. The largest absolute Gasteiger partial charge is 0.357 e. The van der Waals surface area contributed by atoms with Gasteiger partial charge in [0.15, 0.2) is 5.96 Å². The molecule has 2 N–H and O–H groups in total. The summed E-state index contributed by atoms with van der Waals surface area (Å²) in [5.74, 6) is 0.755. The van der Waals surface area contributed by atoms with Crippen LogP contribution in [0.15, 0.2) is 41.9 Å². The van der Waals surface area contributed by atoms with E-state index in [2.05, 4.69) is 29.0 Å². The zero-order chi connectivity index (χ0) is 18.4. The zero-order valence-electron chi connectivity index (χ0n) is 15.8. The van der Waals surface area contributed by atoms with E-state index in [0.717, 1.165) is 63.4 Å². The summed E-state index contributed by atoms with van der Waals surface area (Å²) in [6, 6.07) is 7.58. The van der Waals surface area contributed by atoms with Crippen molar-refractivity contribution in [3.63, 3.8) is 0 Å². The molecule has 1 saturated heterocycles. The lowest BCUT2D eigenvalue weighted by molar-refractivity contribution is 0.225. The van der Waals surface area contributed by atoms with Crippen molar-refractivity contribution in [2.45, 2.75) is 44.1 Å². The van der Waals surface area contributed by atoms with Gasteiger partial charge >= 0.3 is 0 Å². The molecular formula is C21H31FN4. The van der Waals surface area contributed by atoms with E-state index in [0.29, 0.717) is 12.6 Å². The Labute approximate surface area is 156 Å². The van der Waals surface area contributed by atoms with Gasteiger partial charge in [-0.3, -0.25) is 9.89 Å². The number of hydrogen-bond donors (Lipinski definition) is 2. The lowest BCUT2D eigenvalue weighted by Crippen LogP contribution is -2.48. The number of rotatable bonds is 7. The van der Waals surface area contributed by atoms with Crippen LogP contribution in [0.2, 0.25) is 0 Å². The van der Waals surface area contributed by atoms with E-state index in [1.165, 1.54) is 0 Å². The fourth-order valence-corrected chi connectivity index (χ4v) is 3.74. The van der Waals surface area contributed by atoms with Crippen molar-refractivity contribution in [1.29, 1.82) is 0 Å². The minimum absolute atomic E-state index is 0.104. The topological polar surface area (TPSA) is 39.7 Å². The average molecular weight is 359 g/mol. The van der Waals surface area contributed by atoms with Crippen molar-refractivity contribution < 1.29 is 4.39 Å². The van der Waals surface area contributed by atoms with Crippen LogP contribution >= 0.6 is 0 Å². The number of hydrogen-bond acceptors (Lipinski definition) is 2. The molecule has 26 heavy (non-hydrogen) atoms. The Hall–Kier alpha value is -1.88. The summed E-state index contributed by atoms with van der Waals surface area (Å²) >= 11 is 0.